The second kappa shape index (κ2) is 2.27. The third kappa shape index (κ3) is 1.36. The van der Waals surface area contributed by atoms with Crippen LogP contribution in [0.4, 0.5) is 5.82 Å². The first-order chi connectivity index (χ1) is 4.20. The predicted octanol–water partition coefficient (Wildman–Crippen LogP) is 1.26. The minimum absolute atomic E-state index is 0.490. The molecule has 48 valence electrons. The molecule has 0 spiro atoms. The van der Waals surface area contributed by atoms with Gasteiger partial charge >= 0.3 is 0 Å². The number of hydrogen-bond donors (Lipinski definition) is 2. The molecule has 0 fully saturated rings. The van der Waals surface area contributed by atoms with E-state index in [4.69, 9.17) is 5.73 Å². The van der Waals surface area contributed by atoms with Crippen molar-refractivity contribution in [1.29, 1.82) is 0 Å². The highest BCUT2D eigenvalue weighted by molar-refractivity contribution is 7.80. The standard InChI is InChI=1S/C6H8N2S/c1-4-2-5(9)6(7)8-3-4/h2-3,9H,1H3,(H2,7,8). The fourth-order valence-electron chi connectivity index (χ4n) is 0.564. The Labute approximate surface area is 59.5 Å². The normalized spacial score (nSPS) is 9.56. The van der Waals surface area contributed by atoms with Crippen LogP contribution < -0.4 is 5.73 Å². The van der Waals surface area contributed by atoms with Crippen molar-refractivity contribution >= 4 is 18.4 Å². The lowest BCUT2D eigenvalue weighted by molar-refractivity contribution is 1.21. The van der Waals surface area contributed by atoms with Gasteiger partial charge in [0.1, 0.15) is 5.82 Å². The zero-order chi connectivity index (χ0) is 6.85. The van der Waals surface area contributed by atoms with Crippen LogP contribution in [0, 0.1) is 6.92 Å². The molecule has 0 radical (unpaired) electrons. The van der Waals surface area contributed by atoms with Crippen LogP contribution in [0.1, 0.15) is 5.56 Å². The average Bonchev–Trinajstić information content (AvgIpc) is 1.80. The molecule has 1 rings (SSSR count). The van der Waals surface area contributed by atoms with Crippen LogP contribution in [0.3, 0.4) is 0 Å². The van der Waals surface area contributed by atoms with E-state index in [1.807, 2.05) is 13.0 Å². The summed E-state index contributed by atoms with van der Waals surface area (Å²) < 4.78 is 0. The summed E-state index contributed by atoms with van der Waals surface area (Å²) in [5, 5.41) is 0. The van der Waals surface area contributed by atoms with Crippen LogP contribution in [-0.2, 0) is 0 Å². The largest absolute Gasteiger partial charge is 0.383 e. The number of aromatic nitrogens is 1. The van der Waals surface area contributed by atoms with Crippen molar-refractivity contribution in [3.8, 4) is 0 Å². The molecule has 0 atom stereocenters. The number of anilines is 1. The molecule has 0 aliphatic carbocycles. The van der Waals surface area contributed by atoms with E-state index in [1.54, 1.807) is 6.20 Å². The maximum atomic E-state index is 5.40. The van der Waals surface area contributed by atoms with Gasteiger partial charge in [0, 0.05) is 11.1 Å². The number of hydrogen-bond acceptors (Lipinski definition) is 3. The number of pyridine rings is 1. The van der Waals surface area contributed by atoms with Crippen LogP contribution >= 0.6 is 12.6 Å². The van der Waals surface area contributed by atoms with Crippen LogP contribution in [0.5, 0.6) is 0 Å². The minimum atomic E-state index is 0.490. The highest BCUT2D eigenvalue weighted by Gasteiger charge is 1.92. The van der Waals surface area contributed by atoms with Gasteiger partial charge in [-0.2, -0.15) is 0 Å². The van der Waals surface area contributed by atoms with Gasteiger partial charge < -0.3 is 5.73 Å². The van der Waals surface area contributed by atoms with Gasteiger partial charge in [-0.25, -0.2) is 4.98 Å². The van der Waals surface area contributed by atoms with Gasteiger partial charge in [-0.15, -0.1) is 12.6 Å². The van der Waals surface area contributed by atoms with E-state index in [0.717, 1.165) is 10.5 Å². The molecule has 0 bridgehead atoms. The number of thiol groups is 1. The Morgan fingerprint density at radius 3 is 2.78 bits per heavy atom. The number of nitrogen functional groups attached to an aromatic ring is 1. The summed E-state index contributed by atoms with van der Waals surface area (Å²) in [6.07, 6.45) is 1.72. The molecule has 1 heterocycles. The maximum Gasteiger partial charge on any atom is 0.136 e. The van der Waals surface area contributed by atoms with Crippen molar-refractivity contribution in [1.82, 2.24) is 4.98 Å². The van der Waals surface area contributed by atoms with Gasteiger partial charge in [-0.1, -0.05) is 0 Å². The van der Waals surface area contributed by atoms with Crippen LogP contribution in [0.15, 0.2) is 17.2 Å². The molecule has 2 N–H and O–H groups in total. The van der Waals surface area contributed by atoms with E-state index < -0.39 is 0 Å². The summed E-state index contributed by atoms with van der Waals surface area (Å²) >= 11 is 4.08. The summed E-state index contributed by atoms with van der Waals surface area (Å²) in [4.78, 5) is 4.62. The Balaban J connectivity index is 3.17. The van der Waals surface area contributed by atoms with E-state index in [2.05, 4.69) is 17.6 Å². The molecule has 1 aromatic rings. The average molecular weight is 140 g/mol. The maximum absolute atomic E-state index is 5.40. The van der Waals surface area contributed by atoms with Crippen LogP contribution in [0.25, 0.3) is 0 Å². The van der Waals surface area contributed by atoms with Crippen molar-refractivity contribution in [2.24, 2.45) is 0 Å². The third-order valence-electron chi connectivity index (χ3n) is 1.03. The molecule has 0 aliphatic heterocycles. The SMILES string of the molecule is Cc1cnc(N)c(S)c1. The Hall–Kier alpha value is -0.700. The Morgan fingerprint density at radius 2 is 2.33 bits per heavy atom. The molecule has 0 unspecified atom stereocenters. The van der Waals surface area contributed by atoms with E-state index in [9.17, 15) is 0 Å². The molecule has 1 aromatic heterocycles. The molecule has 3 heteroatoms. The van der Waals surface area contributed by atoms with Gasteiger partial charge in [0.25, 0.3) is 0 Å². The van der Waals surface area contributed by atoms with Gasteiger partial charge in [0.15, 0.2) is 0 Å². The minimum Gasteiger partial charge on any atom is -0.383 e. The highest BCUT2D eigenvalue weighted by Crippen LogP contribution is 2.13. The molecule has 2 nitrogen and oxygen atoms in total. The fourth-order valence-corrected chi connectivity index (χ4v) is 0.826. The zero-order valence-electron chi connectivity index (χ0n) is 5.13. The summed E-state index contributed by atoms with van der Waals surface area (Å²) in [7, 11) is 0. The van der Waals surface area contributed by atoms with Gasteiger partial charge in [-0.05, 0) is 18.6 Å². The van der Waals surface area contributed by atoms with Crippen molar-refractivity contribution in [2.45, 2.75) is 11.8 Å². The summed E-state index contributed by atoms with van der Waals surface area (Å²) in [6.45, 7) is 1.95. The molecule has 0 aromatic carbocycles. The lowest BCUT2D eigenvalue weighted by atomic mass is 10.3. The summed E-state index contributed by atoms with van der Waals surface area (Å²) in [5.74, 6) is 0.490. The van der Waals surface area contributed by atoms with Crippen molar-refractivity contribution in [3.05, 3.63) is 17.8 Å². The number of nitrogens with zero attached hydrogens (tertiary/aromatic N) is 1. The van der Waals surface area contributed by atoms with E-state index in [0.29, 0.717) is 5.82 Å². The second-order valence-electron chi connectivity index (χ2n) is 1.92. The van der Waals surface area contributed by atoms with Crippen LogP contribution in [0.2, 0.25) is 0 Å². The van der Waals surface area contributed by atoms with Gasteiger partial charge in [-0.3, -0.25) is 0 Å². The number of nitrogens with two attached hydrogens (primary N) is 1. The van der Waals surface area contributed by atoms with Crippen LogP contribution in [-0.4, -0.2) is 4.98 Å². The van der Waals surface area contributed by atoms with E-state index in [-0.39, 0.29) is 0 Å². The zero-order valence-corrected chi connectivity index (χ0v) is 6.02. The first-order valence-electron chi connectivity index (χ1n) is 2.61. The van der Waals surface area contributed by atoms with Gasteiger partial charge in [0.05, 0.1) is 0 Å². The molecule has 0 amide bonds. The van der Waals surface area contributed by atoms with Crippen molar-refractivity contribution in [2.75, 3.05) is 5.73 Å². The Kier molecular flexibility index (Phi) is 1.62. The topological polar surface area (TPSA) is 38.9 Å². The molecule has 9 heavy (non-hydrogen) atoms. The number of aryl methyl sites for hydroxylation is 1. The first kappa shape index (κ1) is 6.42. The Morgan fingerprint density at radius 1 is 1.67 bits per heavy atom. The first-order valence-corrected chi connectivity index (χ1v) is 3.06. The van der Waals surface area contributed by atoms with Crippen molar-refractivity contribution < 1.29 is 0 Å². The smallest absolute Gasteiger partial charge is 0.136 e. The summed E-state index contributed by atoms with van der Waals surface area (Å²) in [5.41, 5.74) is 6.48. The molecular formula is C6H8N2S. The highest BCUT2D eigenvalue weighted by atomic mass is 32.1. The monoisotopic (exact) mass is 140 g/mol. The van der Waals surface area contributed by atoms with Gasteiger partial charge in [0.2, 0.25) is 0 Å². The Bertz CT molecular complexity index is 222. The predicted molar refractivity (Wildman–Crippen MR) is 40.6 cm³/mol. The molecule has 0 saturated carbocycles. The van der Waals surface area contributed by atoms with Crippen molar-refractivity contribution in [3.63, 3.8) is 0 Å². The summed E-state index contributed by atoms with van der Waals surface area (Å²) in [6, 6.07) is 1.88. The molecule has 0 aliphatic rings. The van der Waals surface area contributed by atoms with E-state index in [1.165, 1.54) is 0 Å². The van der Waals surface area contributed by atoms with E-state index >= 15 is 0 Å². The molecular weight excluding hydrogens is 132 g/mol. The lowest BCUT2D eigenvalue weighted by Gasteiger charge is -1.96. The third-order valence-corrected chi connectivity index (χ3v) is 1.39. The fraction of sp³-hybridized carbons (Fsp3) is 0.167. The number of rotatable bonds is 0. The quantitative estimate of drug-likeness (QED) is 0.532. The molecule has 0 saturated heterocycles. The lowest BCUT2D eigenvalue weighted by Crippen LogP contribution is -1.90. The second-order valence-corrected chi connectivity index (χ2v) is 2.40.